The van der Waals surface area contributed by atoms with Gasteiger partial charge in [0.05, 0.1) is 18.1 Å². The smallest absolute Gasteiger partial charge is 0.400 e. The summed E-state index contributed by atoms with van der Waals surface area (Å²) in [6, 6.07) is 1.68. The quantitative estimate of drug-likeness (QED) is 0.406. The molecule has 2 saturated carbocycles. The fraction of sp³-hybridized carbons (Fsp3) is 0.769. The molecule has 2 aliphatic carbocycles. The van der Waals surface area contributed by atoms with Gasteiger partial charge in [0.25, 0.3) is 0 Å². The van der Waals surface area contributed by atoms with E-state index in [2.05, 4.69) is 6.92 Å². The predicted octanol–water partition coefficient (Wildman–Crippen LogP) is 7.82. The summed E-state index contributed by atoms with van der Waals surface area (Å²) < 4.78 is 67.9. The molecule has 1 heterocycles. The van der Waals surface area contributed by atoms with Gasteiger partial charge in [-0.3, -0.25) is 0 Å². The molecule has 2 unspecified atom stereocenters. The second-order valence-corrected chi connectivity index (χ2v) is 10.2. The fourth-order valence-electron chi connectivity index (χ4n) is 6.22. The van der Waals surface area contributed by atoms with Gasteiger partial charge in [0.15, 0.2) is 0 Å². The first-order chi connectivity index (χ1) is 15.3. The Bertz CT molecular complexity index is 744. The third kappa shape index (κ3) is 5.26. The Balaban J connectivity index is 1.25. The summed E-state index contributed by atoms with van der Waals surface area (Å²) in [7, 11) is 0. The Hall–Kier alpha value is -1.30. The van der Waals surface area contributed by atoms with E-state index in [-0.39, 0.29) is 5.56 Å². The number of ether oxygens (including phenoxy) is 2. The van der Waals surface area contributed by atoms with E-state index in [1.165, 1.54) is 45.4 Å². The summed E-state index contributed by atoms with van der Waals surface area (Å²) in [4.78, 5) is 0. The lowest BCUT2D eigenvalue weighted by atomic mass is 9.68. The molecule has 2 nitrogen and oxygen atoms in total. The van der Waals surface area contributed by atoms with Crippen LogP contribution in [0.3, 0.4) is 0 Å². The van der Waals surface area contributed by atoms with Gasteiger partial charge in [-0.25, -0.2) is 8.78 Å². The largest absolute Gasteiger partial charge is 0.432 e. The van der Waals surface area contributed by atoms with Crippen molar-refractivity contribution in [2.75, 3.05) is 0 Å². The lowest BCUT2D eigenvalue weighted by Crippen LogP contribution is -2.38. The molecular weight excluding hydrogens is 420 g/mol. The first kappa shape index (κ1) is 23.8. The number of rotatable bonds is 6. The van der Waals surface area contributed by atoms with Crippen LogP contribution in [0.5, 0.6) is 5.75 Å². The lowest BCUT2D eigenvalue weighted by Gasteiger charge is -2.40. The van der Waals surface area contributed by atoms with Crippen LogP contribution in [-0.2, 0) is 4.74 Å². The number of hydrogen-bond acceptors (Lipinski definition) is 2. The maximum absolute atomic E-state index is 14.7. The van der Waals surface area contributed by atoms with Crippen molar-refractivity contribution in [2.24, 2.45) is 23.7 Å². The molecule has 6 heteroatoms. The minimum atomic E-state index is -3.42. The average molecular weight is 457 g/mol. The minimum Gasteiger partial charge on any atom is -0.432 e. The number of hydrogen-bond donors (Lipinski definition) is 0. The molecule has 0 aromatic heterocycles. The third-order valence-electron chi connectivity index (χ3n) is 8.36. The topological polar surface area (TPSA) is 18.5 Å². The second-order valence-electron chi connectivity index (χ2n) is 10.2. The van der Waals surface area contributed by atoms with Gasteiger partial charge in [-0.05, 0) is 95.3 Å². The number of alkyl halides is 2. The van der Waals surface area contributed by atoms with E-state index in [1.54, 1.807) is 0 Å². The van der Waals surface area contributed by atoms with E-state index in [9.17, 15) is 17.6 Å². The van der Waals surface area contributed by atoms with E-state index in [0.717, 1.165) is 31.4 Å². The summed E-state index contributed by atoms with van der Waals surface area (Å²) in [6.45, 7) is 3.45. The molecule has 0 radical (unpaired) electrons. The summed E-state index contributed by atoms with van der Waals surface area (Å²) in [5, 5.41) is 0. The zero-order valence-electron chi connectivity index (χ0n) is 19.2. The van der Waals surface area contributed by atoms with Crippen LogP contribution in [0.2, 0.25) is 0 Å². The van der Waals surface area contributed by atoms with Crippen LogP contribution in [0.15, 0.2) is 12.1 Å². The molecule has 1 aromatic carbocycles. The highest BCUT2D eigenvalue weighted by atomic mass is 19.3. The zero-order valence-corrected chi connectivity index (χ0v) is 19.2. The highest BCUT2D eigenvalue weighted by molar-refractivity contribution is 5.30. The monoisotopic (exact) mass is 456 g/mol. The van der Waals surface area contributed by atoms with Crippen LogP contribution in [0.25, 0.3) is 0 Å². The Morgan fingerprint density at radius 1 is 0.844 bits per heavy atom. The molecule has 3 aliphatic rings. The number of halogens is 4. The summed E-state index contributed by atoms with van der Waals surface area (Å²) in [5.41, 5.74) is -0.194. The molecule has 0 spiro atoms. The van der Waals surface area contributed by atoms with Crippen LogP contribution < -0.4 is 4.74 Å². The van der Waals surface area contributed by atoms with Crippen molar-refractivity contribution >= 4 is 0 Å². The highest BCUT2D eigenvalue weighted by Gasteiger charge is 2.45. The van der Waals surface area contributed by atoms with Crippen molar-refractivity contribution in [3.05, 3.63) is 29.3 Å². The van der Waals surface area contributed by atoms with Gasteiger partial charge in [-0.15, -0.1) is 0 Å². The van der Waals surface area contributed by atoms with E-state index >= 15 is 0 Å². The maximum atomic E-state index is 14.7. The molecule has 0 bridgehead atoms. The molecule has 0 amide bonds. The maximum Gasteiger partial charge on any atom is 0.400 e. The Labute approximate surface area is 189 Å². The average Bonchev–Trinajstić information content (AvgIpc) is 3.27. The summed E-state index contributed by atoms with van der Waals surface area (Å²) in [6.07, 6.45) is 7.93. The molecule has 1 aliphatic heterocycles. The molecule has 180 valence electrons. The molecule has 1 aromatic rings. The molecule has 4 rings (SSSR count). The van der Waals surface area contributed by atoms with Crippen LogP contribution in [0.1, 0.15) is 83.1 Å². The Kier molecular flexibility index (Phi) is 7.38. The second kappa shape index (κ2) is 9.90. The van der Waals surface area contributed by atoms with Crippen LogP contribution >= 0.6 is 0 Å². The molecule has 2 atom stereocenters. The summed E-state index contributed by atoms with van der Waals surface area (Å²) in [5.74, 6) is -1.34. The predicted molar refractivity (Wildman–Crippen MR) is 116 cm³/mol. The molecule has 32 heavy (non-hydrogen) atoms. The van der Waals surface area contributed by atoms with Gasteiger partial charge in [-0.2, -0.15) is 8.78 Å². The number of benzene rings is 1. The van der Waals surface area contributed by atoms with Gasteiger partial charge in [0.1, 0.15) is 17.4 Å². The lowest BCUT2D eigenvalue weighted by molar-refractivity contribution is -0.224. The molecular formula is C26H36F4O2. The fourth-order valence-corrected chi connectivity index (χ4v) is 6.22. The molecule has 1 saturated heterocycles. The summed E-state index contributed by atoms with van der Waals surface area (Å²) >= 11 is 0. The van der Waals surface area contributed by atoms with Crippen molar-refractivity contribution in [1.29, 1.82) is 0 Å². The van der Waals surface area contributed by atoms with Crippen LogP contribution in [0, 0.1) is 42.2 Å². The normalized spacial score (nSPS) is 33.9. The standard InChI is InChI=1S/C26H36F4O2/c1-3-21-12-13-25(31-21)19-6-4-17(5-7-19)18-8-10-20(11-9-18)26(29,30)32-22-14-23(27)16(2)24(28)15-22/h14-15,17-21,25H,3-13H2,1-2H3. The minimum absolute atomic E-state index is 0.194. The van der Waals surface area contributed by atoms with E-state index in [1.807, 2.05) is 0 Å². The van der Waals surface area contributed by atoms with Crippen molar-refractivity contribution in [3.8, 4) is 5.75 Å². The zero-order chi connectivity index (χ0) is 22.9. The van der Waals surface area contributed by atoms with E-state index in [0.29, 0.717) is 42.8 Å². The first-order valence-electron chi connectivity index (χ1n) is 12.4. The van der Waals surface area contributed by atoms with Crippen molar-refractivity contribution in [3.63, 3.8) is 0 Å². The highest BCUT2D eigenvalue weighted by Crippen LogP contribution is 2.47. The molecule has 0 N–H and O–H groups in total. The third-order valence-corrected chi connectivity index (χ3v) is 8.36. The van der Waals surface area contributed by atoms with E-state index in [4.69, 9.17) is 9.47 Å². The van der Waals surface area contributed by atoms with Crippen LogP contribution in [0.4, 0.5) is 17.6 Å². The van der Waals surface area contributed by atoms with Gasteiger partial charge in [0.2, 0.25) is 0 Å². The first-order valence-corrected chi connectivity index (χ1v) is 12.4. The van der Waals surface area contributed by atoms with Crippen molar-refractivity contribution in [2.45, 2.75) is 103 Å². The van der Waals surface area contributed by atoms with Crippen molar-refractivity contribution < 1.29 is 27.0 Å². The van der Waals surface area contributed by atoms with Gasteiger partial charge < -0.3 is 9.47 Å². The van der Waals surface area contributed by atoms with Gasteiger partial charge >= 0.3 is 6.11 Å². The van der Waals surface area contributed by atoms with Gasteiger partial charge in [0, 0.05) is 17.7 Å². The molecule has 3 fully saturated rings. The van der Waals surface area contributed by atoms with E-state index < -0.39 is 29.4 Å². The van der Waals surface area contributed by atoms with Crippen molar-refractivity contribution in [1.82, 2.24) is 0 Å². The Morgan fingerprint density at radius 2 is 1.38 bits per heavy atom. The Morgan fingerprint density at radius 3 is 1.91 bits per heavy atom. The SMILES string of the molecule is CCC1CCC(C2CCC(C3CCC(C(F)(F)Oc4cc(F)c(C)c(F)c4)CC3)CC2)O1. The van der Waals surface area contributed by atoms with Crippen LogP contribution in [-0.4, -0.2) is 18.3 Å². The van der Waals surface area contributed by atoms with Gasteiger partial charge in [-0.1, -0.05) is 6.92 Å².